The number of nitrogens with zero attached hydrogens (tertiary/aromatic N) is 1. The lowest BCUT2D eigenvalue weighted by atomic mass is 10.1. The molecule has 0 unspecified atom stereocenters. The predicted octanol–water partition coefficient (Wildman–Crippen LogP) is 2.72. The van der Waals surface area contributed by atoms with E-state index in [-0.39, 0.29) is 11.9 Å². The molecule has 0 aliphatic heterocycles. The summed E-state index contributed by atoms with van der Waals surface area (Å²) in [4.78, 5) is 14.6. The van der Waals surface area contributed by atoms with E-state index in [2.05, 4.69) is 0 Å². The summed E-state index contributed by atoms with van der Waals surface area (Å²) in [6, 6.07) is 5.90. The van der Waals surface area contributed by atoms with Crippen LogP contribution in [0.25, 0.3) is 0 Å². The number of hydrogen-bond acceptors (Lipinski definition) is 3. The Labute approximate surface area is 114 Å². The first-order valence-corrected chi connectivity index (χ1v) is 6.62. The van der Waals surface area contributed by atoms with Crippen LogP contribution in [0.3, 0.4) is 0 Å². The number of methoxy groups -OCH3 is 2. The minimum atomic E-state index is 0.0506. The molecule has 4 heteroatoms. The minimum Gasteiger partial charge on any atom is -0.497 e. The lowest BCUT2D eigenvalue weighted by molar-refractivity contribution is 0.0689. The zero-order chi connectivity index (χ0) is 14.0. The Morgan fingerprint density at radius 1 is 1.16 bits per heavy atom. The average molecular weight is 263 g/mol. The van der Waals surface area contributed by atoms with Gasteiger partial charge in [0.2, 0.25) is 0 Å². The molecule has 1 saturated carbocycles. The van der Waals surface area contributed by atoms with Crippen molar-refractivity contribution in [2.75, 3.05) is 14.2 Å². The van der Waals surface area contributed by atoms with Crippen molar-refractivity contribution in [1.82, 2.24) is 4.90 Å². The Morgan fingerprint density at radius 3 is 2.05 bits per heavy atom. The summed E-state index contributed by atoms with van der Waals surface area (Å²) in [5, 5.41) is 0. The highest BCUT2D eigenvalue weighted by molar-refractivity contribution is 5.95. The highest BCUT2D eigenvalue weighted by Crippen LogP contribution is 2.31. The molecule has 1 amide bonds. The van der Waals surface area contributed by atoms with Gasteiger partial charge in [-0.2, -0.15) is 0 Å². The second-order valence-corrected chi connectivity index (χ2v) is 5.14. The van der Waals surface area contributed by atoms with Gasteiger partial charge in [0.1, 0.15) is 11.5 Å². The molecule has 0 heterocycles. The number of carbonyl (C=O) groups excluding carboxylic acids is 1. The van der Waals surface area contributed by atoms with E-state index < -0.39 is 0 Å². The largest absolute Gasteiger partial charge is 0.497 e. The first-order valence-electron chi connectivity index (χ1n) is 6.62. The minimum absolute atomic E-state index is 0.0506. The standard InChI is InChI=1S/C15H21NO3/c1-10(2)16(12-5-6-12)15(17)11-7-13(18-3)9-14(8-11)19-4/h7-10,12H,5-6H2,1-4H3. The van der Waals surface area contributed by atoms with Crippen LogP contribution in [0.4, 0.5) is 0 Å². The van der Waals surface area contributed by atoms with Gasteiger partial charge in [0, 0.05) is 23.7 Å². The van der Waals surface area contributed by atoms with Crippen molar-refractivity contribution < 1.29 is 14.3 Å². The maximum Gasteiger partial charge on any atom is 0.254 e. The van der Waals surface area contributed by atoms with E-state index >= 15 is 0 Å². The number of carbonyl (C=O) groups is 1. The van der Waals surface area contributed by atoms with Crippen LogP contribution >= 0.6 is 0 Å². The molecule has 1 aliphatic rings. The van der Waals surface area contributed by atoms with E-state index in [0.717, 1.165) is 12.8 Å². The Hall–Kier alpha value is -1.71. The normalized spacial score (nSPS) is 14.4. The Bertz CT molecular complexity index is 442. The number of amides is 1. The third kappa shape index (κ3) is 3.00. The molecule has 0 aromatic heterocycles. The van der Waals surface area contributed by atoms with Crippen LogP contribution in [-0.4, -0.2) is 37.1 Å². The van der Waals surface area contributed by atoms with Crippen LogP contribution in [0, 0.1) is 0 Å². The fourth-order valence-electron chi connectivity index (χ4n) is 2.25. The molecule has 0 spiro atoms. The second-order valence-electron chi connectivity index (χ2n) is 5.14. The van der Waals surface area contributed by atoms with Crippen molar-refractivity contribution in [2.24, 2.45) is 0 Å². The molecule has 0 saturated heterocycles. The van der Waals surface area contributed by atoms with Gasteiger partial charge in [0.15, 0.2) is 0 Å². The lowest BCUT2D eigenvalue weighted by Crippen LogP contribution is -2.38. The Kier molecular flexibility index (Phi) is 3.98. The van der Waals surface area contributed by atoms with Crippen molar-refractivity contribution in [1.29, 1.82) is 0 Å². The fraction of sp³-hybridized carbons (Fsp3) is 0.533. The van der Waals surface area contributed by atoms with Gasteiger partial charge in [0.25, 0.3) is 5.91 Å². The average Bonchev–Trinajstić information content (AvgIpc) is 3.22. The molecular formula is C15H21NO3. The third-order valence-electron chi connectivity index (χ3n) is 3.33. The Morgan fingerprint density at radius 2 is 1.68 bits per heavy atom. The molecule has 1 fully saturated rings. The summed E-state index contributed by atoms with van der Waals surface area (Å²) in [6.45, 7) is 4.10. The summed E-state index contributed by atoms with van der Waals surface area (Å²) in [7, 11) is 3.17. The van der Waals surface area contributed by atoms with Crippen LogP contribution in [0.15, 0.2) is 18.2 Å². The quantitative estimate of drug-likeness (QED) is 0.820. The molecule has 4 nitrogen and oxygen atoms in total. The first-order chi connectivity index (χ1) is 9.06. The van der Waals surface area contributed by atoms with Gasteiger partial charge in [-0.15, -0.1) is 0 Å². The third-order valence-corrected chi connectivity index (χ3v) is 3.33. The van der Waals surface area contributed by atoms with E-state index in [1.54, 1.807) is 32.4 Å². The van der Waals surface area contributed by atoms with Crippen molar-refractivity contribution in [2.45, 2.75) is 38.8 Å². The van der Waals surface area contributed by atoms with Crippen molar-refractivity contribution in [3.8, 4) is 11.5 Å². The van der Waals surface area contributed by atoms with Crippen molar-refractivity contribution >= 4 is 5.91 Å². The number of ether oxygens (including phenoxy) is 2. The van der Waals surface area contributed by atoms with E-state index in [1.807, 2.05) is 18.7 Å². The van der Waals surface area contributed by atoms with Crippen LogP contribution in [0.5, 0.6) is 11.5 Å². The number of benzene rings is 1. The molecule has 0 bridgehead atoms. The molecule has 1 aromatic rings. The van der Waals surface area contributed by atoms with Gasteiger partial charge in [-0.25, -0.2) is 0 Å². The smallest absolute Gasteiger partial charge is 0.254 e. The summed E-state index contributed by atoms with van der Waals surface area (Å²) in [5.41, 5.74) is 0.622. The lowest BCUT2D eigenvalue weighted by Gasteiger charge is -2.27. The maximum absolute atomic E-state index is 12.6. The van der Waals surface area contributed by atoms with Gasteiger partial charge >= 0.3 is 0 Å². The highest BCUT2D eigenvalue weighted by Gasteiger charge is 2.34. The van der Waals surface area contributed by atoms with Gasteiger partial charge in [0.05, 0.1) is 14.2 Å². The molecule has 0 N–H and O–H groups in total. The van der Waals surface area contributed by atoms with Crippen molar-refractivity contribution in [3.63, 3.8) is 0 Å². The predicted molar refractivity (Wildman–Crippen MR) is 73.9 cm³/mol. The SMILES string of the molecule is COc1cc(OC)cc(C(=O)N(C(C)C)C2CC2)c1. The molecule has 1 aromatic carbocycles. The second kappa shape index (κ2) is 5.51. The van der Waals surface area contributed by atoms with Crippen LogP contribution in [0.2, 0.25) is 0 Å². The van der Waals surface area contributed by atoms with E-state index in [9.17, 15) is 4.79 Å². The molecule has 0 atom stereocenters. The molecule has 2 rings (SSSR count). The molecule has 19 heavy (non-hydrogen) atoms. The van der Waals surface area contributed by atoms with Crippen LogP contribution in [-0.2, 0) is 0 Å². The Balaban J connectivity index is 2.31. The summed E-state index contributed by atoms with van der Waals surface area (Å²) in [6.07, 6.45) is 2.20. The van der Waals surface area contributed by atoms with Gasteiger partial charge in [-0.3, -0.25) is 4.79 Å². The summed E-state index contributed by atoms with van der Waals surface area (Å²) < 4.78 is 10.4. The zero-order valence-corrected chi connectivity index (χ0v) is 12.0. The first kappa shape index (κ1) is 13.7. The number of hydrogen-bond donors (Lipinski definition) is 0. The highest BCUT2D eigenvalue weighted by atomic mass is 16.5. The zero-order valence-electron chi connectivity index (χ0n) is 12.0. The van der Waals surface area contributed by atoms with E-state index in [1.165, 1.54) is 0 Å². The van der Waals surface area contributed by atoms with Gasteiger partial charge in [-0.05, 0) is 38.8 Å². The van der Waals surface area contributed by atoms with Crippen molar-refractivity contribution in [3.05, 3.63) is 23.8 Å². The van der Waals surface area contributed by atoms with Crippen LogP contribution < -0.4 is 9.47 Å². The van der Waals surface area contributed by atoms with Gasteiger partial charge in [-0.1, -0.05) is 0 Å². The monoisotopic (exact) mass is 263 g/mol. The number of rotatable bonds is 5. The summed E-state index contributed by atoms with van der Waals surface area (Å²) >= 11 is 0. The fourth-order valence-corrected chi connectivity index (χ4v) is 2.25. The maximum atomic E-state index is 12.6. The summed E-state index contributed by atoms with van der Waals surface area (Å²) in [5.74, 6) is 1.33. The van der Waals surface area contributed by atoms with Gasteiger partial charge < -0.3 is 14.4 Å². The topological polar surface area (TPSA) is 38.8 Å². The molecule has 104 valence electrons. The van der Waals surface area contributed by atoms with E-state index in [4.69, 9.17) is 9.47 Å². The van der Waals surface area contributed by atoms with E-state index in [0.29, 0.717) is 23.1 Å². The molecule has 1 aliphatic carbocycles. The molecular weight excluding hydrogens is 242 g/mol. The molecule has 0 radical (unpaired) electrons. The van der Waals surface area contributed by atoms with Crippen LogP contribution in [0.1, 0.15) is 37.0 Å².